The highest BCUT2D eigenvalue weighted by Crippen LogP contribution is 1.49. The lowest BCUT2D eigenvalue weighted by Gasteiger charge is -1.47. The van der Waals surface area contributed by atoms with E-state index >= 15 is 0 Å². The van der Waals surface area contributed by atoms with Gasteiger partial charge in [-0.3, -0.25) is 9.51 Å². The summed E-state index contributed by atoms with van der Waals surface area (Å²) in [4.78, 5) is 11.8. The highest BCUT2D eigenvalue weighted by molar-refractivity contribution is 4.38. The fourth-order valence-electron chi connectivity index (χ4n) is 0.156. The van der Waals surface area contributed by atoms with Gasteiger partial charge in [-0.05, 0) is 0 Å². The third kappa shape index (κ3) is 0.314. The largest absolute Gasteiger partial charge is 1.00 e. The molecule has 1 N–H and O–H groups in total. The predicted molar refractivity (Wildman–Crippen MR) is 17.1 cm³/mol. The lowest BCUT2D eigenvalue weighted by Crippen LogP contribution is -1.92. The zero-order valence-electron chi connectivity index (χ0n) is 3.76. The van der Waals surface area contributed by atoms with Crippen molar-refractivity contribution in [1.29, 1.82) is 0 Å². The van der Waals surface area contributed by atoms with Gasteiger partial charge in [0, 0.05) is 0 Å². The highest BCUT2D eigenvalue weighted by Gasteiger charge is 1.76. The van der Waals surface area contributed by atoms with Gasteiger partial charge in [-0.15, -0.1) is 0 Å². The van der Waals surface area contributed by atoms with Gasteiger partial charge in [0.15, 0.2) is 0 Å². The van der Waals surface area contributed by atoms with Gasteiger partial charge in [0.25, 0.3) is 0 Å². The second-order valence-corrected chi connectivity index (χ2v) is 0.707. The van der Waals surface area contributed by atoms with Crippen molar-refractivity contribution in [3.8, 4) is 0 Å². The lowest BCUT2D eigenvalue weighted by molar-refractivity contribution is 0.385. The number of aromatic nitrogens is 2. The van der Waals surface area contributed by atoms with Crippen LogP contribution < -0.4 is 5.76 Å². The molecule has 0 spiro atoms. The van der Waals surface area contributed by atoms with Crippen molar-refractivity contribution < 1.29 is 5.95 Å². The first-order valence-electron chi connectivity index (χ1n) is 1.31. The van der Waals surface area contributed by atoms with E-state index in [0.29, 0.717) is 0 Å². The summed E-state index contributed by atoms with van der Waals surface area (Å²) in [5.41, 5.74) is 0. The van der Waals surface area contributed by atoms with Crippen LogP contribution in [0, 0.1) is 6.33 Å². The van der Waals surface area contributed by atoms with E-state index in [1.54, 1.807) is 0 Å². The highest BCUT2D eigenvalue weighted by atomic mass is 16.5. The Morgan fingerprint density at radius 1 is 2.17 bits per heavy atom. The second-order valence-electron chi connectivity index (χ2n) is 0.707. The normalized spacial score (nSPS) is 8.67. The Balaban J connectivity index is 0.000000360. The molecule has 1 radical (unpaired) electrons. The summed E-state index contributed by atoms with van der Waals surface area (Å²) in [5, 5.41) is 2.95. The maximum Gasteiger partial charge on any atom is 1.00 e. The molecule has 0 amide bonds. The van der Waals surface area contributed by atoms with E-state index in [-0.39, 0.29) is 1.43 Å². The minimum atomic E-state index is -0.574. The van der Waals surface area contributed by atoms with E-state index in [1.807, 2.05) is 4.98 Å². The van der Waals surface area contributed by atoms with E-state index < -0.39 is 5.76 Å². The van der Waals surface area contributed by atoms with Crippen LogP contribution in [0.25, 0.3) is 0 Å². The number of rotatable bonds is 0. The molecule has 0 atom stereocenters. The minimum Gasteiger partial charge on any atom is -0.295 e. The van der Waals surface area contributed by atoms with Crippen LogP contribution in [0.1, 0.15) is 1.43 Å². The Morgan fingerprint density at radius 3 is 3.17 bits per heavy atom. The molecule has 0 aliphatic heterocycles. The molecule has 0 saturated carbocycles. The molecule has 1 aromatic heterocycles. The summed E-state index contributed by atoms with van der Waals surface area (Å²) in [6.45, 7) is 0. The molecular formula is C2H2N2O2+. The van der Waals surface area contributed by atoms with Crippen LogP contribution in [-0.2, 0) is 0 Å². The van der Waals surface area contributed by atoms with Crippen molar-refractivity contribution in [2.24, 2.45) is 0 Å². The number of nitrogens with one attached hydrogen (secondary N) is 1. The van der Waals surface area contributed by atoms with Crippen LogP contribution in [-0.4, -0.2) is 10.1 Å². The molecule has 4 heteroatoms. The number of aromatic amines is 1. The van der Waals surface area contributed by atoms with Gasteiger partial charge in [-0.25, -0.2) is 4.79 Å². The third-order valence-electron chi connectivity index (χ3n) is 0.332. The van der Waals surface area contributed by atoms with Gasteiger partial charge in [-0.1, -0.05) is 5.16 Å². The predicted octanol–water partition coefficient (Wildman–Crippen LogP) is -0.724. The summed E-state index contributed by atoms with van der Waals surface area (Å²) < 4.78 is 3.92. The van der Waals surface area contributed by atoms with Crippen LogP contribution in [0.15, 0.2) is 9.32 Å². The maximum atomic E-state index is 9.75. The summed E-state index contributed by atoms with van der Waals surface area (Å²) in [6.07, 6.45) is 2.08. The fraction of sp³-hybridized carbons (Fsp3) is 0. The van der Waals surface area contributed by atoms with Crippen LogP contribution in [0.2, 0.25) is 0 Å². The lowest BCUT2D eigenvalue weighted by atomic mass is 11.3. The van der Waals surface area contributed by atoms with Crippen molar-refractivity contribution in [3.05, 3.63) is 16.9 Å². The Morgan fingerprint density at radius 2 is 3.00 bits per heavy atom. The minimum absolute atomic E-state index is 0. The molecular weight excluding hydrogens is 84.0 g/mol. The zero-order valence-corrected chi connectivity index (χ0v) is 2.76. The Hall–Kier alpha value is -1.06. The monoisotopic (exact) mass is 86.0 g/mol. The molecule has 0 bridgehead atoms. The standard InChI is InChI=1S/C2HN2O2/c5-2-3-1-4-6-2/h(H,3,4,5)/p+1. The number of nitrogens with zero attached hydrogens (tertiary/aromatic N) is 1. The quantitative estimate of drug-likeness (QED) is 0.453. The van der Waals surface area contributed by atoms with E-state index in [4.69, 9.17) is 0 Å². The molecule has 1 rings (SSSR count). The summed E-state index contributed by atoms with van der Waals surface area (Å²) >= 11 is 0. The summed E-state index contributed by atoms with van der Waals surface area (Å²) in [7, 11) is 0. The summed E-state index contributed by atoms with van der Waals surface area (Å²) in [6, 6.07) is 0. The Kier molecular flexibility index (Phi) is 0.506. The van der Waals surface area contributed by atoms with Gasteiger partial charge >= 0.3 is 7.18 Å². The van der Waals surface area contributed by atoms with Crippen LogP contribution >= 0.6 is 0 Å². The Labute approximate surface area is 34.3 Å². The smallest absolute Gasteiger partial charge is 0.295 e. The first-order valence-corrected chi connectivity index (χ1v) is 1.31. The van der Waals surface area contributed by atoms with Gasteiger partial charge in [0.1, 0.15) is 0 Å². The van der Waals surface area contributed by atoms with Gasteiger partial charge < -0.3 is 0 Å². The molecule has 1 aromatic rings. The molecule has 31 valence electrons. The first kappa shape index (κ1) is 3.14. The SMILES string of the molecule is O=c1[nH][c]no1.[H+]. The average Bonchev–Trinajstić information content (AvgIpc) is 1.86. The second kappa shape index (κ2) is 0.965. The van der Waals surface area contributed by atoms with Crippen molar-refractivity contribution in [2.45, 2.75) is 0 Å². The molecule has 1 heterocycles. The van der Waals surface area contributed by atoms with E-state index in [0.717, 1.165) is 0 Å². The van der Waals surface area contributed by atoms with Crippen molar-refractivity contribution >= 4 is 0 Å². The fourth-order valence-corrected chi connectivity index (χ4v) is 0.156. The van der Waals surface area contributed by atoms with Crippen LogP contribution in [0.5, 0.6) is 0 Å². The molecule has 0 unspecified atom stereocenters. The molecule has 4 nitrogen and oxygen atoms in total. The molecule has 0 aromatic carbocycles. The first-order chi connectivity index (χ1) is 2.89. The zero-order chi connectivity index (χ0) is 4.41. The Bertz CT molecular complexity index is 151. The third-order valence-corrected chi connectivity index (χ3v) is 0.332. The van der Waals surface area contributed by atoms with Crippen LogP contribution in [0.4, 0.5) is 0 Å². The summed E-state index contributed by atoms with van der Waals surface area (Å²) in [5.74, 6) is -0.574. The number of hydrogen-bond donors (Lipinski definition) is 1. The molecule has 0 aliphatic carbocycles. The molecule has 0 aliphatic rings. The topological polar surface area (TPSA) is 58.9 Å². The number of H-pyrrole nitrogens is 1. The number of hydrogen-bond acceptors (Lipinski definition) is 3. The molecule has 0 saturated heterocycles. The van der Waals surface area contributed by atoms with E-state index in [9.17, 15) is 4.79 Å². The van der Waals surface area contributed by atoms with Crippen molar-refractivity contribution in [2.75, 3.05) is 0 Å². The van der Waals surface area contributed by atoms with Gasteiger partial charge in [-0.2, -0.15) is 0 Å². The van der Waals surface area contributed by atoms with E-state index in [2.05, 4.69) is 16.0 Å². The average molecular weight is 86.0 g/mol. The molecule has 6 heavy (non-hydrogen) atoms. The van der Waals surface area contributed by atoms with Gasteiger partial charge in [0.2, 0.25) is 6.33 Å². The van der Waals surface area contributed by atoms with Crippen LogP contribution in [0.3, 0.4) is 0 Å². The van der Waals surface area contributed by atoms with E-state index in [1.165, 1.54) is 0 Å². The van der Waals surface area contributed by atoms with Crippen molar-refractivity contribution in [1.82, 2.24) is 10.1 Å². The maximum absolute atomic E-state index is 9.75. The molecule has 0 fully saturated rings. The van der Waals surface area contributed by atoms with Crippen molar-refractivity contribution in [3.63, 3.8) is 0 Å². The van der Waals surface area contributed by atoms with Gasteiger partial charge in [0.05, 0.1) is 0 Å².